The Bertz CT molecular complexity index is 487. The summed E-state index contributed by atoms with van der Waals surface area (Å²) in [6.45, 7) is 11.5. The molecular formula is C18H28N2O. The molecule has 3 nitrogen and oxygen atoms in total. The van der Waals surface area contributed by atoms with Crippen molar-refractivity contribution in [1.82, 2.24) is 10.2 Å². The van der Waals surface area contributed by atoms with Crippen molar-refractivity contribution in [3.05, 3.63) is 35.4 Å². The van der Waals surface area contributed by atoms with Crippen molar-refractivity contribution in [3.63, 3.8) is 0 Å². The standard InChI is InChI=1S/C18H28N2O/c1-6-7-15-17(21)20(12-18(3,4)5)16(19-15)14-10-8-13(2)9-11-14/h8-11,15-16,19H,6-7,12H2,1-5H3. The molecule has 1 amide bonds. The van der Waals surface area contributed by atoms with Crippen LogP contribution in [-0.2, 0) is 4.79 Å². The summed E-state index contributed by atoms with van der Waals surface area (Å²) < 4.78 is 0. The van der Waals surface area contributed by atoms with Crippen LogP contribution in [0.15, 0.2) is 24.3 Å². The van der Waals surface area contributed by atoms with Crippen molar-refractivity contribution in [1.29, 1.82) is 0 Å². The molecule has 1 aliphatic rings. The van der Waals surface area contributed by atoms with Crippen molar-refractivity contribution in [2.24, 2.45) is 5.41 Å². The maximum atomic E-state index is 12.7. The molecule has 21 heavy (non-hydrogen) atoms. The van der Waals surface area contributed by atoms with E-state index < -0.39 is 0 Å². The zero-order chi connectivity index (χ0) is 15.6. The number of hydrogen-bond acceptors (Lipinski definition) is 2. The number of nitrogens with one attached hydrogen (secondary N) is 1. The average molecular weight is 288 g/mol. The molecular weight excluding hydrogens is 260 g/mol. The van der Waals surface area contributed by atoms with Gasteiger partial charge in [-0.25, -0.2) is 0 Å². The number of carbonyl (C=O) groups excluding carboxylic acids is 1. The summed E-state index contributed by atoms with van der Waals surface area (Å²) in [7, 11) is 0. The largest absolute Gasteiger partial charge is 0.321 e. The molecule has 1 N–H and O–H groups in total. The van der Waals surface area contributed by atoms with Crippen LogP contribution in [0.2, 0.25) is 0 Å². The van der Waals surface area contributed by atoms with Crippen molar-refractivity contribution in [2.45, 2.75) is 59.7 Å². The Morgan fingerprint density at radius 3 is 2.33 bits per heavy atom. The van der Waals surface area contributed by atoms with E-state index in [1.807, 2.05) is 4.90 Å². The molecule has 0 bridgehead atoms. The SMILES string of the molecule is CCCC1NC(c2ccc(C)cc2)N(CC(C)(C)C)C1=O. The number of benzene rings is 1. The molecule has 1 saturated heterocycles. The van der Waals surface area contributed by atoms with Crippen LogP contribution in [0.1, 0.15) is 57.8 Å². The molecule has 2 rings (SSSR count). The van der Waals surface area contributed by atoms with Gasteiger partial charge in [0.15, 0.2) is 0 Å². The normalized spacial score (nSPS) is 22.9. The number of aryl methyl sites for hydroxylation is 1. The topological polar surface area (TPSA) is 32.3 Å². The van der Waals surface area contributed by atoms with Crippen LogP contribution in [0.4, 0.5) is 0 Å². The summed E-state index contributed by atoms with van der Waals surface area (Å²) in [6, 6.07) is 8.45. The maximum absolute atomic E-state index is 12.7. The lowest BCUT2D eigenvalue weighted by Crippen LogP contribution is -2.37. The molecule has 1 heterocycles. The van der Waals surface area contributed by atoms with Crippen molar-refractivity contribution in [2.75, 3.05) is 6.54 Å². The van der Waals surface area contributed by atoms with Gasteiger partial charge in [0, 0.05) is 6.54 Å². The van der Waals surface area contributed by atoms with E-state index in [2.05, 4.69) is 64.2 Å². The maximum Gasteiger partial charge on any atom is 0.241 e. The van der Waals surface area contributed by atoms with Crippen LogP contribution in [0.3, 0.4) is 0 Å². The minimum atomic E-state index is -0.0383. The van der Waals surface area contributed by atoms with Crippen LogP contribution in [0, 0.1) is 12.3 Å². The Labute approximate surface area is 128 Å². The first-order chi connectivity index (χ1) is 9.81. The molecule has 2 unspecified atom stereocenters. The lowest BCUT2D eigenvalue weighted by molar-refractivity contribution is -0.131. The lowest BCUT2D eigenvalue weighted by Gasteiger charge is -2.31. The van der Waals surface area contributed by atoms with E-state index in [0.29, 0.717) is 0 Å². The van der Waals surface area contributed by atoms with E-state index in [0.717, 1.165) is 19.4 Å². The lowest BCUT2D eigenvalue weighted by atomic mass is 9.95. The average Bonchev–Trinajstić information content (AvgIpc) is 2.68. The highest BCUT2D eigenvalue weighted by Gasteiger charge is 2.40. The molecule has 0 radical (unpaired) electrons. The first-order valence-corrected chi connectivity index (χ1v) is 7.95. The van der Waals surface area contributed by atoms with Crippen molar-refractivity contribution in [3.8, 4) is 0 Å². The van der Waals surface area contributed by atoms with Crippen LogP contribution >= 0.6 is 0 Å². The first kappa shape index (κ1) is 16.0. The van der Waals surface area contributed by atoms with Crippen molar-refractivity contribution >= 4 is 5.91 Å². The summed E-state index contributed by atoms with van der Waals surface area (Å²) in [5, 5.41) is 3.53. The van der Waals surface area contributed by atoms with Crippen LogP contribution in [-0.4, -0.2) is 23.4 Å². The molecule has 1 fully saturated rings. The molecule has 0 aliphatic carbocycles. The van der Waals surface area contributed by atoms with Crippen LogP contribution in [0.5, 0.6) is 0 Å². The van der Waals surface area contributed by atoms with Gasteiger partial charge in [-0.15, -0.1) is 0 Å². The zero-order valence-corrected chi connectivity index (χ0v) is 13.9. The van der Waals surface area contributed by atoms with Gasteiger partial charge >= 0.3 is 0 Å². The number of hydrogen-bond donors (Lipinski definition) is 1. The van der Waals surface area contributed by atoms with Gasteiger partial charge < -0.3 is 4.90 Å². The molecule has 1 aliphatic heterocycles. The number of carbonyl (C=O) groups is 1. The third-order valence-corrected chi connectivity index (χ3v) is 3.87. The zero-order valence-electron chi connectivity index (χ0n) is 13.9. The molecule has 0 saturated carbocycles. The fraction of sp³-hybridized carbons (Fsp3) is 0.611. The molecule has 2 atom stereocenters. The van der Waals surface area contributed by atoms with Crippen LogP contribution in [0.25, 0.3) is 0 Å². The van der Waals surface area contributed by atoms with E-state index in [1.165, 1.54) is 11.1 Å². The number of rotatable bonds is 4. The summed E-state index contributed by atoms with van der Waals surface area (Å²) in [5.41, 5.74) is 2.52. The predicted octanol–water partition coefficient (Wildman–Crippen LogP) is 3.64. The van der Waals surface area contributed by atoms with E-state index >= 15 is 0 Å². The van der Waals surface area contributed by atoms with E-state index in [1.54, 1.807) is 0 Å². The number of amides is 1. The van der Waals surface area contributed by atoms with Gasteiger partial charge in [0.2, 0.25) is 5.91 Å². The quantitative estimate of drug-likeness (QED) is 0.917. The minimum absolute atomic E-state index is 0.00822. The van der Waals surface area contributed by atoms with Gasteiger partial charge in [-0.2, -0.15) is 0 Å². The van der Waals surface area contributed by atoms with Crippen LogP contribution < -0.4 is 5.32 Å². The molecule has 1 aromatic rings. The predicted molar refractivity (Wildman–Crippen MR) is 86.9 cm³/mol. The Balaban J connectivity index is 2.27. The monoisotopic (exact) mass is 288 g/mol. The molecule has 0 aromatic heterocycles. The van der Waals surface area contributed by atoms with Gasteiger partial charge in [0.05, 0.1) is 6.04 Å². The van der Waals surface area contributed by atoms with E-state index in [-0.39, 0.29) is 23.5 Å². The second-order valence-electron chi connectivity index (χ2n) is 7.35. The van der Waals surface area contributed by atoms with E-state index in [9.17, 15) is 4.79 Å². The molecule has 1 aromatic carbocycles. The highest BCUT2D eigenvalue weighted by molar-refractivity contribution is 5.84. The minimum Gasteiger partial charge on any atom is -0.321 e. The first-order valence-electron chi connectivity index (χ1n) is 7.95. The van der Waals surface area contributed by atoms with Gasteiger partial charge in [0.1, 0.15) is 6.17 Å². The highest BCUT2D eigenvalue weighted by Crippen LogP contribution is 2.30. The Morgan fingerprint density at radius 2 is 1.81 bits per heavy atom. The Morgan fingerprint density at radius 1 is 1.19 bits per heavy atom. The third-order valence-electron chi connectivity index (χ3n) is 3.87. The molecule has 0 spiro atoms. The third kappa shape index (κ3) is 3.85. The van der Waals surface area contributed by atoms with Gasteiger partial charge in [-0.3, -0.25) is 10.1 Å². The Kier molecular flexibility index (Phi) is 4.72. The summed E-state index contributed by atoms with van der Waals surface area (Å²) >= 11 is 0. The van der Waals surface area contributed by atoms with Gasteiger partial charge in [-0.05, 0) is 24.3 Å². The second kappa shape index (κ2) is 6.18. The smallest absolute Gasteiger partial charge is 0.241 e. The van der Waals surface area contributed by atoms with Gasteiger partial charge in [-0.1, -0.05) is 63.9 Å². The Hall–Kier alpha value is -1.35. The fourth-order valence-electron chi connectivity index (χ4n) is 2.88. The fourth-order valence-corrected chi connectivity index (χ4v) is 2.88. The second-order valence-corrected chi connectivity index (χ2v) is 7.35. The summed E-state index contributed by atoms with van der Waals surface area (Å²) in [4.78, 5) is 14.7. The van der Waals surface area contributed by atoms with E-state index in [4.69, 9.17) is 0 Å². The van der Waals surface area contributed by atoms with Gasteiger partial charge in [0.25, 0.3) is 0 Å². The molecule has 116 valence electrons. The summed E-state index contributed by atoms with van der Waals surface area (Å²) in [5.74, 6) is 0.248. The summed E-state index contributed by atoms with van der Waals surface area (Å²) in [6.07, 6.45) is 1.93. The number of nitrogens with zero attached hydrogens (tertiary/aromatic N) is 1. The van der Waals surface area contributed by atoms with Crippen molar-refractivity contribution < 1.29 is 4.79 Å². The molecule has 3 heteroatoms. The highest BCUT2D eigenvalue weighted by atomic mass is 16.2.